The third kappa shape index (κ3) is 2.71. The van der Waals surface area contributed by atoms with Gasteiger partial charge in [-0.3, -0.25) is 4.79 Å². The molecule has 1 aliphatic rings. The van der Waals surface area contributed by atoms with Gasteiger partial charge < -0.3 is 5.32 Å². The minimum absolute atomic E-state index is 0.231. The molecule has 0 saturated heterocycles. The number of nitrogens with one attached hydrogen (secondary N) is 1. The molecule has 1 N–H and O–H groups in total. The molecule has 0 radical (unpaired) electrons. The van der Waals surface area contributed by atoms with Crippen LogP contribution in [0, 0.1) is 0 Å². The van der Waals surface area contributed by atoms with E-state index in [0.29, 0.717) is 6.42 Å². The van der Waals surface area contributed by atoms with Gasteiger partial charge in [0.05, 0.1) is 17.2 Å². The van der Waals surface area contributed by atoms with E-state index in [1.165, 1.54) is 18.2 Å². The highest BCUT2D eigenvalue weighted by Crippen LogP contribution is 2.34. The highest BCUT2D eigenvalue weighted by Gasteiger charge is 2.35. The van der Waals surface area contributed by atoms with Crippen molar-refractivity contribution in [3.05, 3.63) is 70.8 Å². The van der Waals surface area contributed by atoms with Crippen LogP contribution in [0.3, 0.4) is 0 Å². The number of carbonyl (C=O) groups is 1. The Kier molecular flexibility index (Phi) is 3.64. The lowest BCUT2D eigenvalue weighted by Gasteiger charge is -2.17. The average molecular weight is 305 g/mol. The number of alkyl halides is 3. The quantitative estimate of drug-likeness (QED) is 0.888. The molecule has 2 aromatic rings. The minimum Gasteiger partial charge on any atom is -0.345 e. The third-order valence-electron chi connectivity index (χ3n) is 3.92. The Morgan fingerprint density at radius 1 is 1.05 bits per heavy atom. The predicted molar refractivity (Wildman–Crippen MR) is 76.4 cm³/mol. The van der Waals surface area contributed by atoms with Crippen molar-refractivity contribution in [3.8, 4) is 0 Å². The van der Waals surface area contributed by atoms with Crippen molar-refractivity contribution in [1.29, 1.82) is 0 Å². The van der Waals surface area contributed by atoms with Gasteiger partial charge in [-0.1, -0.05) is 36.4 Å². The molecule has 0 unspecified atom stereocenters. The molecule has 0 aliphatic heterocycles. The van der Waals surface area contributed by atoms with E-state index in [1.807, 2.05) is 24.3 Å². The van der Waals surface area contributed by atoms with Crippen molar-refractivity contribution < 1.29 is 18.0 Å². The zero-order valence-electron chi connectivity index (χ0n) is 11.7. The molecule has 2 aromatic carbocycles. The molecule has 22 heavy (non-hydrogen) atoms. The normalized spacial score (nSPS) is 17.1. The van der Waals surface area contributed by atoms with Crippen molar-refractivity contribution in [1.82, 2.24) is 5.32 Å². The van der Waals surface area contributed by atoms with E-state index in [0.717, 1.165) is 23.6 Å². The molecule has 2 nitrogen and oxygen atoms in total. The van der Waals surface area contributed by atoms with E-state index in [4.69, 9.17) is 0 Å². The summed E-state index contributed by atoms with van der Waals surface area (Å²) in [7, 11) is 0. The number of hydrogen-bond acceptors (Lipinski definition) is 1. The van der Waals surface area contributed by atoms with Crippen molar-refractivity contribution in [2.24, 2.45) is 0 Å². The summed E-state index contributed by atoms with van der Waals surface area (Å²) in [6.45, 7) is 0. The van der Waals surface area contributed by atoms with E-state index in [1.54, 1.807) is 0 Å². The first-order valence-corrected chi connectivity index (χ1v) is 7.01. The molecule has 0 aromatic heterocycles. The van der Waals surface area contributed by atoms with Crippen LogP contribution >= 0.6 is 0 Å². The SMILES string of the molecule is O=C(N[C@H]1CCc2ccccc21)c1ccccc1C(F)(F)F. The first kappa shape index (κ1) is 14.6. The van der Waals surface area contributed by atoms with E-state index < -0.39 is 17.6 Å². The van der Waals surface area contributed by atoms with Gasteiger partial charge >= 0.3 is 6.18 Å². The second-order valence-corrected chi connectivity index (χ2v) is 5.31. The molecular formula is C17H14F3NO. The summed E-state index contributed by atoms with van der Waals surface area (Å²) in [4.78, 5) is 12.3. The molecule has 0 bridgehead atoms. The molecule has 5 heteroatoms. The number of rotatable bonds is 2. The molecule has 3 rings (SSSR count). The fraction of sp³-hybridized carbons (Fsp3) is 0.235. The molecular weight excluding hydrogens is 291 g/mol. The van der Waals surface area contributed by atoms with E-state index in [2.05, 4.69) is 5.32 Å². The summed E-state index contributed by atoms with van der Waals surface area (Å²) in [5.74, 6) is -0.686. The number of benzene rings is 2. The predicted octanol–water partition coefficient (Wildman–Crippen LogP) is 4.12. The monoisotopic (exact) mass is 305 g/mol. The van der Waals surface area contributed by atoms with Gasteiger partial charge in [-0.25, -0.2) is 0 Å². The van der Waals surface area contributed by atoms with Gasteiger partial charge in [-0.15, -0.1) is 0 Å². The van der Waals surface area contributed by atoms with E-state index >= 15 is 0 Å². The fourth-order valence-electron chi connectivity index (χ4n) is 2.87. The van der Waals surface area contributed by atoms with Gasteiger partial charge in [-0.2, -0.15) is 13.2 Å². The maximum absolute atomic E-state index is 13.0. The molecule has 0 saturated carbocycles. The number of amides is 1. The minimum atomic E-state index is -4.54. The molecule has 1 atom stereocenters. The molecule has 0 heterocycles. The molecule has 0 fully saturated rings. The van der Waals surface area contributed by atoms with E-state index in [-0.39, 0.29) is 11.6 Å². The second-order valence-electron chi connectivity index (χ2n) is 5.31. The van der Waals surface area contributed by atoms with Gasteiger partial charge in [0.1, 0.15) is 0 Å². The Bertz CT molecular complexity index is 709. The Hall–Kier alpha value is -2.30. The highest BCUT2D eigenvalue weighted by molar-refractivity contribution is 5.96. The lowest BCUT2D eigenvalue weighted by atomic mass is 10.0. The Morgan fingerprint density at radius 3 is 2.50 bits per heavy atom. The summed E-state index contributed by atoms with van der Waals surface area (Å²) in [5.41, 5.74) is 0.885. The Labute approximate surface area is 126 Å². The van der Waals surface area contributed by atoms with Crippen molar-refractivity contribution >= 4 is 5.91 Å². The fourth-order valence-corrected chi connectivity index (χ4v) is 2.87. The van der Waals surface area contributed by atoms with Crippen LogP contribution in [0.15, 0.2) is 48.5 Å². The molecule has 0 spiro atoms. The lowest BCUT2D eigenvalue weighted by molar-refractivity contribution is -0.137. The summed E-state index contributed by atoms with van der Waals surface area (Å²) in [5, 5.41) is 2.72. The molecule has 1 aliphatic carbocycles. The van der Waals surface area contributed by atoms with Crippen LogP contribution < -0.4 is 5.32 Å². The van der Waals surface area contributed by atoms with Gasteiger partial charge in [-0.05, 0) is 36.1 Å². The summed E-state index contributed by atoms with van der Waals surface area (Å²) < 4.78 is 38.9. The van der Waals surface area contributed by atoms with Crippen LogP contribution in [0.5, 0.6) is 0 Å². The summed E-state index contributed by atoms with van der Waals surface area (Å²) in [6.07, 6.45) is -3.01. The van der Waals surface area contributed by atoms with Crippen LogP contribution in [0.25, 0.3) is 0 Å². The smallest absolute Gasteiger partial charge is 0.345 e. The van der Waals surface area contributed by atoms with Crippen LogP contribution in [-0.2, 0) is 12.6 Å². The highest BCUT2D eigenvalue weighted by atomic mass is 19.4. The third-order valence-corrected chi connectivity index (χ3v) is 3.92. The first-order chi connectivity index (χ1) is 10.5. The van der Waals surface area contributed by atoms with E-state index in [9.17, 15) is 18.0 Å². The van der Waals surface area contributed by atoms with Gasteiger partial charge in [0.15, 0.2) is 0 Å². The van der Waals surface area contributed by atoms with Crippen molar-refractivity contribution in [2.75, 3.05) is 0 Å². The number of hydrogen-bond donors (Lipinski definition) is 1. The number of carbonyl (C=O) groups excluding carboxylic acids is 1. The lowest BCUT2D eigenvalue weighted by Crippen LogP contribution is -2.29. The number of halogens is 3. The van der Waals surface area contributed by atoms with Gasteiger partial charge in [0.25, 0.3) is 5.91 Å². The molecule has 114 valence electrons. The zero-order valence-corrected chi connectivity index (χ0v) is 11.7. The summed E-state index contributed by atoms with van der Waals surface area (Å²) in [6, 6.07) is 12.3. The van der Waals surface area contributed by atoms with Gasteiger partial charge in [0.2, 0.25) is 0 Å². The van der Waals surface area contributed by atoms with Crippen molar-refractivity contribution in [3.63, 3.8) is 0 Å². The van der Waals surface area contributed by atoms with Crippen LogP contribution in [0.1, 0.15) is 39.5 Å². The maximum atomic E-state index is 13.0. The first-order valence-electron chi connectivity index (χ1n) is 7.01. The maximum Gasteiger partial charge on any atom is 0.417 e. The average Bonchev–Trinajstić information content (AvgIpc) is 2.90. The standard InChI is InChI=1S/C17H14F3NO/c18-17(19,20)14-8-4-3-7-13(14)16(22)21-15-10-9-11-5-1-2-6-12(11)15/h1-8,15H,9-10H2,(H,21,22)/t15-/m0/s1. The largest absolute Gasteiger partial charge is 0.417 e. The summed E-state index contributed by atoms with van der Waals surface area (Å²) >= 11 is 0. The Balaban J connectivity index is 1.85. The number of fused-ring (bicyclic) bond motifs is 1. The van der Waals surface area contributed by atoms with Gasteiger partial charge in [0, 0.05) is 0 Å². The number of aryl methyl sites for hydroxylation is 1. The van der Waals surface area contributed by atoms with Crippen molar-refractivity contribution in [2.45, 2.75) is 25.1 Å². The topological polar surface area (TPSA) is 29.1 Å². The second kappa shape index (κ2) is 5.48. The Morgan fingerprint density at radius 2 is 1.73 bits per heavy atom. The zero-order chi connectivity index (χ0) is 15.7. The van der Waals surface area contributed by atoms with Crippen LogP contribution in [-0.4, -0.2) is 5.91 Å². The van der Waals surface area contributed by atoms with Crippen LogP contribution in [0.2, 0.25) is 0 Å². The molecule has 1 amide bonds. The van der Waals surface area contributed by atoms with Crippen LogP contribution in [0.4, 0.5) is 13.2 Å².